The highest BCUT2D eigenvalue weighted by molar-refractivity contribution is 6.08. The number of hydrogen-bond acceptors (Lipinski definition) is 2. The van der Waals surface area contributed by atoms with Crippen LogP contribution in [0.5, 0.6) is 5.75 Å². The number of allylic oxidation sites excluding steroid dienone is 1. The van der Waals surface area contributed by atoms with Crippen LogP contribution in [-0.2, 0) is 0 Å². The van der Waals surface area contributed by atoms with E-state index in [0.717, 1.165) is 5.56 Å². The average molecular weight is 256 g/mol. The number of carbonyl (C=O) groups is 1. The smallest absolute Gasteiger partial charge is 0.189 e. The number of aryl methyl sites for hydroxylation is 1. The van der Waals surface area contributed by atoms with Crippen molar-refractivity contribution in [3.8, 4) is 5.75 Å². The van der Waals surface area contributed by atoms with Gasteiger partial charge in [0, 0.05) is 5.56 Å². The quantitative estimate of drug-likeness (QED) is 0.671. The van der Waals surface area contributed by atoms with Crippen molar-refractivity contribution in [2.45, 2.75) is 6.92 Å². The number of halogens is 1. The van der Waals surface area contributed by atoms with Gasteiger partial charge in [-0.15, -0.1) is 0 Å². The molecule has 0 saturated heterocycles. The minimum atomic E-state index is -0.389. The third kappa shape index (κ3) is 3.07. The SMILES string of the molecule is Cc1ccc(O)c(C(=O)/C=C/c2ccccc2F)c1. The molecule has 3 heteroatoms. The van der Waals surface area contributed by atoms with Crippen molar-refractivity contribution in [3.63, 3.8) is 0 Å². The van der Waals surface area contributed by atoms with Gasteiger partial charge in [-0.05, 0) is 37.3 Å². The van der Waals surface area contributed by atoms with Gasteiger partial charge in [-0.25, -0.2) is 4.39 Å². The molecular formula is C16H13FO2. The zero-order valence-corrected chi connectivity index (χ0v) is 10.4. The van der Waals surface area contributed by atoms with Gasteiger partial charge in [0.1, 0.15) is 11.6 Å². The molecule has 2 aromatic carbocycles. The van der Waals surface area contributed by atoms with Crippen LogP contribution in [0.4, 0.5) is 4.39 Å². The van der Waals surface area contributed by atoms with Crippen molar-refractivity contribution in [1.82, 2.24) is 0 Å². The Hall–Kier alpha value is -2.42. The Kier molecular flexibility index (Phi) is 3.76. The lowest BCUT2D eigenvalue weighted by molar-refractivity contribution is 0.104. The van der Waals surface area contributed by atoms with Gasteiger partial charge in [0.15, 0.2) is 5.78 Å². The average Bonchev–Trinajstić information content (AvgIpc) is 2.40. The first-order valence-electron chi connectivity index (χ1n) is 5.84. The normalized spacial score (nSPS) is 10.8. The maximum absolute atomic E-state index is 13.4. The van der Waals surface area contributed by atoms with Crippen LogP contribution in [-0.4, -0.2) is 10.9 Å². The number of benzene rings is 2. The topological polar surface area (TPSA) is 37.3 Å². The summed E-state index contributed by atoms with van der Waals surface area (Å²) in [7, 11) is 0. The van der Waals surface area contributed by atoms with Gasteiger partial charge < -0.3 is 5.11 Å². The molecule has 0 heterocycles. The summed E-state index contributed by atoms with van der Waals surface area (Å²) in [6.45, 7) is 1.83. The molecular weight excluding hydrogens is 243 g/mol. The molecule has 2 rings (SSSR count). The van der Waals surface area contributed by atoms with Crippen LogP contribution < -0.4 is 0 Å². The first-order chi connectivity index (χ1) is 9.08. The van der Waals surface area contributed by atoms with Gasteiger partial charge in [0.25, 0.3) is 0 Å². The van der Waals surface area contributed by atoms with E-state index in [0.29, 0.717) is 5.56 Å². The van der Waals surface area contributed by atoms with Crippen molar-refractivity contribution in [2.75, 3.05) is 0 Å². The molecule has 0 spiro atoms. The van der Waals surface area contributed by atoms with E-state index in [1.165, 1.54) is 24.3 Å². The monoisotopic (exact) mass is 256 g/mol. The van der Waals surface area contributed by atoms with Gasteiger partial charge in [-0.3, -0.25) is 4.79 Å². The maximum Gasteiger partial charge on any atom is 0.189 e. The Morgan fingerprint density at radius 1 is 1.21 bits per heavy atom. The predicted octanol–water partition coefficient (Wildman–Crippen LogP) is 3.74. The number of rotatable bonds is 3. The van der Waals surface area contributed by atoms with E-state index in [4.69, 9.17) is 0 Å². The molecule has 0 aliphatic carbocycles. The molecule has 0 aliphatic rings. The summed E-state index contributed by atoms with van der Waals surface area (Å²) in [5.41, 5.74) is 1.43. The van der Waals surface area contributed by atoms with Crippen LogP contribution >= 0.6 is 0 Å². The van der Waals surface area contributed by atoms with Gasteiger partial charge >= 0.3 is 0 Å². The number of phenolic OH excluding ortho intramolecular Hbond substituents is 1. The van der Waals surface area contributed by atoms with Crippen molar-refractivity contribution in [1.29, 1.82) is 0 Å². The van der Waals surface area contributed by atoms with E-state index in [1.54, 1.807) is 30.3 Å². The summed E-state index contributed by atoms with van der Waals surface area (Å²) >= 11 is 0. The fraction of sp³-hybridized carbons (Fsp3) is 0.0625. The second-order valence-corrected chi connectivity index (χ2v) is 4.24. The zero-order chi connectivity index (χ0) is 13.8. The lowest BCUT2D eigenvalue weighted by Crippen LogP contribution is -1.95. The molecule has 2 nitrogen and oxygen atoms in total. The summed E-state index contributed by atoms with van der Waals surface area (Å²) < 4.78 is 13.4. The predicted molar refractivity (Wildman–Crippen MR) is 72.6 cm³/mol. The van der Waals surface area contributed by atoms with Crippen LogP contribution in [0.15, 0.2) is 48.5 Å². The number of hydrogen-bond donors (Lipinski definition) is 1. The second kappa shape index (κ2) is 5.48. The molecule has 0 aromatic heterocycles. The Bertz CT molecular complexity index is 645. The van der Waals surface area contributed by atoms with E-state index < -0.39 is 0 Å². The van der Waals surface area contributed by atoms with Crippen LogP contribution in [0.3, 0.4) is 0 Å². The number of carbonyl (C=O) groups excluding carboxylic acids is 1. The molecule has 96 valence electrons. The second-order valence-electron chi connectivity index (χ2n) is 4.24. The Labute approximate surface area is 110 Å². The summed E-state index contributed by atoms with van der Waals surface area (Å²) in [6, 6.07) is 11.0. The van der Waals surface area contributed by atoms with E-state index in [-0.39, 0.29) is 22.9 Å². The van der Waals surface area contributed by atoms with E-state index in [1.807, 2.05) is 6.92 Å². The third-order valence-electron chi connectivity index (χ3n) is 2.74. The number of ketones is 1. The first kappa shape index (κ1) is 13.0. The van der Waals surface area contributed by atoms with Crippen LogP contribution in [0, 0.1) is 12.7 Å². The fourth-order valence-electron chi connectivity index (χ4n) is 1.71. The molecule has 2 aromatic rings. The Balaban J connectivity index is 2.26. The lowest BCUT2D eigenvalue weighted by atomic mass is 10.1. The minimum Gasteiger partial charge on any atom is -0.507 e. The molecule has 0 aliphatic heterocycles. The summed E-state index contributed by atoms with van der Waals surface area (Å²) in [5.74, 6) is -0.821. The molecule has 0 atom stereocenters. The first-order valence-corrected chi connectivity index (χ1v) is 5.84. The Morgan fingerprint density at radius 3 is 2.68 bits per heavy atom. The van der Waals surface area contributed by atoms with Crippen molar-refractivity contribution >= 4 is 11.9 Å². The molecule has 0 fully saturated rings. The molecule has 19 heavy (non-hydrogen) atoms. The van der Waals surface area contributed by atoms with E-state index in [9.17, 15) is 14.3 Å². The molecule has 0 amide bonds. The molecule has 0 radical (unpaired) electrons. The van der Waals surface area contributed by atoms with Gasteiger partial charge in [0.2, 0.25) is 0 Å². The zero-order valence-electron chi connectivity index (χ0n) is 10.4. The van der Waals surface area contributed by atoms with Gasteiger partial charge in [0.05, 0.1) is 5.56 Å². The van der Waals surface area contributed by atoms with Gasteiger partial charge in [-0.2, -0.15) is 0 Å². The highest BCUT2D eigenvalue weighted by atomic mass is 19.1. The largest absolute Gasteiger partial charge is 0.507 e. The minimum absolute atomic E-state index is 0.0752. The number of aromatic hydroxyl groups is 1. The summed E-state index contributed by atoms with van der Waals surface area (Å²) in [5, 5.41) is 9.63. The van der Waals surface area contributed by atoms with Crippen molar-refractivity contribution < 1.29 is 14.3 Å². The molecule has 0 bridgehead atoms. The van der Waals surface area contributed by atoms with Crippen LogP contribution in [0.1, 0.15) is 21.5 Å². The molecule has 1 N–H and O–H groups in total. The Morgan fingerprint density at radius 2 is 1.95 bits per heavy atom. The lowest BCUT2D eigenvalue weighted by Gasteiger charge is -2.02. The van der Waals surface area contributed by atoms with E-state index >= 15 is 0 Å². The van der Waals surface area contributed by atoms with Crippen molar-refractivity contribution in [3.05, 3.63) is 71.0 Å². The van der Waals surface area contributed by atoms with Crippen LogP contribution in [0.2, 0.25) is 0 Å². The van der Waals surface area contributed by atoms with Crippen LogP contribution in [0.25, 0.3) is 6.08 Å². The highest BCUT2D eigenvalue weighted by Crippen LogP contribution is 2.19. The number of phenols is 1. The van der Waals surface area contributed by atoms with Gasteiger partial charge in [-0.1, -0.05) is 29.8 Å². The third-order valence-corrected chi connectivity index (χ3v) is 2.74. The highest BCUT2D eigenvalue weighted by Gasteiger charge is 2.08. The van der Waals surface area contributed by atoms with E-state index in [2.05, 4.69) is 0 Å². The summed E-state index contributed by atoms with van der Waals surface area (Å²) in [4.78, 5) is 11.9. The molecule has 0 unspecified atom stereocenters. The fourth-order valence-corrected chi connectivity index (χ4v) is 1.71. The summed E-state index contributed by atoms with van der Waals surface area (Å²) in [6.07, 6.45) is 2.66. The maximum atomic E-state index is 13.4. The standard InChI is InChI=1S/C16H13FO2/c1-11-6-8-15(18)13(10-11)16(19)9-7-12-4-2-3-5-14(12)17/h2-10,18H,1H3/b9-7+. The van der Waals surface area contributed by atoms with Crippen molar-refractivity contribution in [2.24, 2.45) is 0 Å². The molecule has 0 saturated carbocycles.